The number of rotatable bonds is 44. The first-order valence-electron chi connectivity index (χ1n) is 22.7. The quantitative estimate of drug-likeness (QED) is 0.0383. The summed E-state index contributed by atoms with van der Waals surface area (Å²) in [6.07, 6.45) is 46.7. The number of carbonyl (C=O) groups excluding carboxylic acids is 1. The van der Waals surface area contributed by atoms with E-state index in [0.29, 0.717) is 19.6 Å². The van der Waals surface area contributed by atoms with Crippen molar-refractivity contribution in [1.82, 2.24) is 0 Å². The third-order valence-corrected chi connectivity index (χ3v) is 11.1. The lowest BCUT2D eigenvalue weighted by molar-refractivity contribution is -0.121. The van der Waals surface area contributed by atoms with E-state index in [2.05, 4.69) is 32.9 Å². The minimum Gasteiger partial charge on any atom is -0.390 e. The highest BCUT2D eigenvalue weighted by atomic mass is 31.2. The molecule has 0 aliphatic rings. The van der Waals surface area contributed by atoms with Crippen molar-refractivity contribution in [3.63, 3.8) is 0 Å². The van der Waals surface area contributed by atoms with Crippen LogP contribution < -0.4 is 0 Å². The van der Waals surface area contributed by atoms with Crippen LogP contribution in [-0.2, 0) is 18.4 Å². The van der Waals surface area contributed by atoms with Crippen molar-refractivity contribution in [2.45, 2.75) is 252 Å². The zero-order valence-electron chi connectivity index (χ0n) is 34.6. The SMILES string of the molecule is CCCCCCCC/C=C\CCCCCCCC(=O)CC(O)COP(OCCCCCCCCCCCC)OCCCCCCCCCCCC. The molecule has 1 N–H and O–H groups in total. The third-order valence-electron chi connectivity index (χ3n) is 9.94. The Bertz CT molecular complexity index is 676. The highest BCUT2D eigenvalue weighted by molar-refractivity contribution is 7.41. The molecule has 0 aromatic heterocycles. The molecule has 0 aromatic carbocycles. The second-order valence-corrected chi connectivity index (χ2v) is 16.5. The molecule has 0 rings (SSSR count). The molecule has 0 spiro atoms. The van der Waals surface area contributed by atoms with Gasteiger partial charge in [0.1, 0.15) is 5.78 Å². The van der Waals surface area contributed by atoms with Gasteiger partial charge in [-0.15, -0.1) is 0 Å². The first kappa shape index (κ1) is 50.7. The average molecular weight is 741 g/mol. The van der Waals surface area contributed by atoms with Gasteiger partial charge in [0.25, 0.3) is 0 Å². The van der Waals surface area contributed by atoms with Crippen LogP contribution >= 0.6 is 8.60 Å². The Morgan fingerprint density at radius 3 is 1.20 bits per heavy atom. The molecule has 1 unspecified atom stereocenters. The predicted molar refractivity (Wildman–Crippen MR) is 224 cm³/mol. The van der Waals surface area contributed by atoms with Crippen LogP contribution in [0.3, 0.4) is 0 Å². The fourth-order valence-corrected chi connectivity index (χ4v) is 7.61. The molecular formula is C45H89O5P. The molecule has 5 nitrogen and oxygen atoms in total. The van der Waals surface area contributed by atoms with Crippen LogP contribution in [0.5, 0.6) is 0 Å². The molecule has 304 valence electrons. The molecular weight excluding hydrogens is 651 g/mol. The molecule has 0 aliphatic heterocycles. The molecule has 0 aliphatic carbocycles. The maximum Gasteiger partial charge on any atom is 0.332 e. The smallest absolute Gasteiger partial charge is 0.332 e. The van der Waals surface area contributed by atoms with E-state index >= 15 is 0 Å². The van der Waals surface area contributed by atoms with Gasteiger partial charge in [0, 0.05) is 12.8 Å². The first-order valence-corrected chi connectivity index (χ1v) is 23.8. The van der Waals surface area contributed by atoms with Crippen molar-refractivity contribution >= 4 is 14.4 Å². The molecule has 0 bridgehead atoms. The van der Waals surface area contributed by atoms with Gasteiger partial charge in [0.05, 0.1) is 25.9 Å². The summed E-state index contributed by atoms with van der Waals surface area (Å²) in [7, 11) is -1.50. The van der Waals surface area contributed by atoms with E-state index in [-0.39, 0.29) is 18.8 Å². The Kier molecular flexibility index (Phi) is 43.8. The summed E-state index contributed by atoms with van der Waals surface area (Å²) in [5, 5.41) is 10.6. The molecule has 6 heteroatoms. The summed E-state index contributed by atoms with van der Waals surface area (Å²) in [6, 6.07) is 0. The van der Waals surface area contributed by atoms with Gasteiger partial charge in [0.15, 0.2) is 0 Å². The Morgan fingerprint density at radius 2 is 0.804 bits per heavy atom. The van der Waals surface area contributed by atoms with E-state index in [1.807, 2.05) is 0 Å². The lowest BCUT2D eigenvalue weighted by Crippen LogP contribution is -2.19. The van der Waals surface area contributed by atoms with Crippen LogP contribution in [0, 0.1) is 0 Å². The van der Waals surface area contributed by atoms with Crippen LogP contribution in [0.15, 0.2) is 12.2 Å². The van der Waals surface area contributed by atoms with Gasteiger partial charge in [-0.05, 0) is 44.9 Å². The van der Waals surface area contributed by atoms with Crippen molar-refractivity contribution in [2.75, 3.05) is 19.8 Å². The predicted octanol–water partition coefficient (Wildman–Crippen LogP) is 15.5. The minimum absolute atomic E-state index is 0.0971. The Balaban J connectivity index is 4.11. The third kappa shape index (κ3) is 42.3. The van der Waals surface area contributed by atoms with E-state index in [1.54, 1.807) is 0 Å². The van der Waals surface area contributed by atoms with Crippen LogP contribution in [0.25, 0.3) is 0 Å². The molecule has 1 atom stereocenters. The first-order chi connectivity index (χ1) is 25.1. The monoisotopic (exact) mass is 741 g/mol. The number of aliphatic hydroxyl groups is 1. The van der Waals surface area contributed by atoms with E-state index in [1.165, 1.54) is 186 Å². The number of allylic oxidation sites excluding steroid dienone is 2. The second-order valence-electron chi connectivity index (χ2n) is 15.3. The highest BCUT2D eigenvalue weighted by Gasteiger charge is 2.17. The fourth-order valence-electron chi connectivity index (χ4n) is 6.53. The lowest BCUT2D eigenvalue weighted by atomic mass is 10.0. The van der Waals surface area contributed by atoms with Gasteiger partial charge >= 0.3 is 8.60 Å². The molecule has 0 aromatic rings. The zero-order chi connectivity index (χ0) is 37.1. The molecule has 0 heterocycles. The summed E-state index contributed by atoms with van der Waals surface area (Å²) >= 11 is 0. The van der Waals surface area contributed by atoms with Crippen LogP contribution in [0.1, 0.15) is 245 Å². The molecule has 51 heavy (non-hydrogen) atoms. The van der Waals surface area contributed by atoms with Gasteiger partial charge < -0.3 is 18.7 Å². The molecule has 0 fully saturated rings. The summed E-state index contributed by atoms with van der Waals surface area (Å²) in [5.41, 5.74) is 0. The fraction of sp³-hybridized carbons (Fsp3) is 0.933. The molecule has 0 saturated carbocycles. The van der Waals surface area contributed by atoms with Gasteiger partial charge in [-0.3, -0.25) is 4.79 Å². The summed E-state index contributed by atoms with van der Waals surface area (Å²) < 4.78 is 18.0. The second kappa shape index (κ2) is 44.1. The van der Waals surface area contributed by atoms with Crippen molar-refractivity contribution in [1.29, 1.82) is 0 Å². The normalized spacial score (nSPS) is 12.5. The highest BCUT2D eigenvalue weighted by Crippen LogP contribution is 2.40. The number of aliphatic hydroxyl groups excluding tert-OH is 1. The number of carbonyl (C=O) groups is 1. The Morgan fingerprint density at radius 1 is 0.471 bits per heavy atom. The standard InChI is InChI=1S/C45H89O5P/c1-4-7-10-13-16-19-22-23-24-25-26-27-30-33-36-39-44(46)42-45(47)43-50-51(48-40-37-34-31-28-20-17-14-11-8-5-2)49-41-38-35-32-29-21-18-15-12-9-6-3/h23-24,45,47H,4-22,25-43H2,1-3H3/b24-23-. The number of ketones is 1. The maximum absolute atomic E-state index is 12.5. The average Bonchev–Trinajstić information content (AvgIpc) is 3.13. The minimum atomic E-state index is -1.50. The van der Waals surface area contributed by atoms with Crippen LogP contribution in [0.4, 0.5) is 0 Å². The van der Waals surface area contributed by atoms with Crippen LogP contribution in [-0.4, -0.2) is 36.8 Å². The van der Waals surface area contributed by atoms with Gasteiger partial charge in [-0.1, -0.05) is 200 Å². The molecule has 0 amide bonds. The molecule has 0 radical (unpaired) electrons. The van der Waals surface area contributed by atoms with Crippen molar-refractivity contribution in [3.05, 3.63) is 12.2 Å². The van der Waals surface area contributed by atoms with Gasteiger partial charge in [0.2, 0.25) is 0 Å². The topological polar surface area (TPSA) is 65.0 Å². The zero-order valence-corrected chi connectivity index (χ0v) is 35.5. The van der Waals surface area contributed by atoms with E-state index in [4.69, 9.17) is 13.6 Å². The lowest BCUT2D eigenvalue weighted by Gasteiger charge is -2.19. The molecule has 0 saturated heterocycles. The number of Topliss-reactive ketones (excluding diaryl/α,β-unsaturated/α-hetero) is 1. The largest absolute Gasteiger partial charge is 0.390 e. The van der Waals surface area contributed by atoms with E-state index in [9.17, 15) is 9.90 Å². The van der Waals surface area contributed by atoms with Crippen molar-refractivity contribution < 1.29 is 23.5 Å². The Labute approximate surface area is 320 Å². The van der Waals surface area contributed by atoms with E-state index in [0.717, 1.165) is 25.7 Å². The number of unbranched alkanes of at least 4 members (excludes halogenated alkanes) is 29. The van der Waals surface area contributed by atoms with Crippen molar-refractivity contribution in [2.24, 2.45) is 0 Å². The Hall–Kier alpha value is -0.320. The van der Waals surface area contributed by atoms with Crippen LogP contribution in [0.2, 0.25) is 0 Å². The number of hydrogen-bond donors (Lipinski definition) is 1. The van der Waals surface area contributed by atoms with E-state index < -0.39 is 14.7 Å². The summed E-state index contributed by atoms with van der Waals surface area (Å²) in [6.45, 7) is 8.17. The van der Waals surface area contributed by atoms with Gasteiger partial charge in [-0.2, -0.15) is 0 Å². The van der Waals surface area contributed by atoms with Crippen molar-refractivity contribution in [3.8, 4) is 0 Å². The maximum atomic E-state index is 12.5. The summed E-state index contributed by atoms with van der Waals surface area (Å²) in [5.74, 6) is 0.130. The number of hydrogen-bond acceptors (Lipinski definition) is 5. The van der Waals surface area contributed by atoms with Gasteiger partial charge in [-0.25, -0.2) is 0 Å². The summed E-state index contributed by atoms with van der Waals surface area (Å²) in [4.78, 5) is 12.5.